The molecule has 10 heteroatoms. The first-order valence-corrected chi connectivity index (χ1v) is 9.84. The number of imide groups is 2. The van der Waals surface area contributed by atoms with E-state index < -0.39 is 35.7 Å². The predicted molar refractivity (Wildman–Crippen MR) is 111 cm³/mol. The molecule has 2 aromatic rings. The van der Waals surface area contributed by atoms with Gasteiger partial charge in [-0.15, -0.1) is 0 Å². The third kappa shape index (κ3) is 3.59. The summed E-state index contributed by atoms with van der Waals surface area (Å²) in [6.45, 7) is 0. The minimum absolute atomic E-state index is 0.294. The minimum Gasteiger partial charge on any atom is -0.497 e. The highest BCUT2D eigenvalue weighted by atomic mass is 16.5. The van der Waals surface area contributed by atoms with Crippen LogP contribution >= 0.6 is 0 Å². The SMILES string of the molecule is COc1cccc(N2C(=O)C[C@@H](N(O)[C@@H]3CC(=O)N(c4cccc(OC)c4)C3=O)C2=O)c1. The van der Waals surface area contributed by atoms with Gasteiger partial charge in [0.05, 0.1) is 38.4 Å². The number of nitrogens with zero attached hydrogens (tertiary/aromatic N) is 3. The van der Waals surface area contributed by atoms with Crippen LogP contribution in [0.5, 0.6) is 11.5 Å². The molecule has 0 radical (unpaired) electrons. The quantitative estimate of drug-likeness (QED) is 0.530. The van der Waals surface area contributed by atoms with E-state index in [1.54, 1.807) is 36.4 Å². The number of methoxy groups -OCH3 is 2. The van der Waals surface area contributed by atoms with Crippen LogP contribution in [0.15, 0.2) is 48.5 Å². The van der Waals surface area contributed by atoms with Crippen molar-refractivity contribution in [2.24, 2.45) is 0 Å². The zero-order chi connectivity index (χ0) is 23.0. The molecule has 0 unspecified atom stereocenters. The molecule has 2 aliphatic rings. The van der Waals surface area contributed by atoms with Crippen LogP contribution in [0.1, 0.15) is 12.8 Å². The molecule has 2 saturated heterocycles. The van der Waals surface area contributed by atoms with Gasteiger partial charge in [0.1, 0.15) is 23.6 Å². The molecule has 4 rings (SSSR count). The van der Waals surface area contributed by atoms with E-state index in [1.165, 1.54) is 26.4 Å². The lowest BCUT2D eigenvalue weighted by Crippen LogP contribution is -2.49. The van der Waals surface area contributed by atoms with E-state index in [9.17, 15) is 24.4 Å². The van der Waals surface area contributed by atoms with Crippen molar-refractivity contribution in [1.29, 1.82) is 0 Å². The molecule has 0 bridgehead atoms. The average Bonchev–Trinajstić information content (AvgIpc) is 3.27. The first-order chi connectivity index (χ1) is 15.3. The summed E-state index contributed by atoms with van der Waals surface area (Å²) >= 11 is 0. The van der Waals surface area contributed by atoms with Crippen LogP contribution in [0.25, 0.3) is 0 Å². The molecule has 2 heterocycles. The van der Waals surface area contributed by atoms with Crippen LogP contribution in [0.3, 0.4) is 0 Å². The summed E-state index contributed by atoms with van der Waals surface area (Å²) in [5.41, 5.74) is 0.587. The maximum atomic E-state index is 13.0. The second kappa shape index (κ2) is 8.40. The molecule has 2 aliphatic heterocycles. The highest BCUT2D eigenvalue weighted by Gasteiger charge is 2.50. The number of rotatable bonds is 6. The van der Waals surface area contributed by atoms with Gasteiger partial charge in [0.25, 0.3) is 11.8 Å². The second-order valence-corrected chi connectivity index (χ2v) is 7.36. The molecule has 10 nitrogen and oxygen atoms in total. The highest BCUT2D eigenvalue weighted by Crippen LogP contribution is 2.32. The summed E-state index contributed by atoms with van der Waals surface area (Å²) in [5, 5.41) is 11.3. The van der Waals surface area contributed by atoms with Crippen molar-refractivity contribution in [1.82, 2.24) is 5.06 Å². The molecule has 0 aromatic heterocycles. The Kier molecular flexibility index (Phi) is 5.64. The Morgan fingerprint density at radius 3 is 1.56 bits per heavy atom. The van der Waals surface area contributed by atoms with Crippen LogP contribution in [0, 0.1) is 0 Å². The molecule has 0 aliphatic carbocycles. The Hall–Kier alpha value is -3.76. The molecule has 1 N–H and O–H groups in total. The summed E-state index contributed by atoms with van der Waals surface area (Å²) in [4.78, 5) is 53.0. The van der Waals surface area contributed by atoms with E-state index in [0.717, 1.165) is 9.80 Å². The molecular weight excluding hydrogens is 418 g/mol. The van der Waals surface area contributed by atoms with Gasteiger partial charge in [-0.05, 0) is 24.3 Å². The smallest absolute Gasteiger partial charge is 0.254 e. The molecule has 2 aromatic carbocycles. The third-order valence-corrected chi connectivity index (χ3v) is 5.51. The number of carbonyl (C=O) groups excluding carboxylic acids is 4. The molecule has 32 heavy (non-hydrogen) atoms. The van der Waals surface area contributed by atoms with Crippen molar-refractivity contribution in [2.75, 3.05) is 24.0 Å². The summed E-state index contributed by atoms with van der Waals surface area (Å²) in [5.74, 6) is -1.53. The molecular formula is C22H21N3O7. The van der Waals surface area contributed by atoms with Gasteiger partial charge in [-0.25, -0.2) is 9.80 Å². The third-order valence-electron chi connectivity index (χ3n) is 5.51. The number of benzene rings is 2. The Morgan fingerprint density at radius 2 is 1.19 bits per heavy atom. The lowest BCUT2D eigenvalue weighted by molar-refractivity contribution is -0.172. The zero-order valence-electron chi connectivity index (χ0n) is 17.4. The number of hydrogen-bond donors (Lipinski definition) is 1. The van der Waals surface area contributed by atoms with Gasteiger partial charge in [0.2, 0.25) is 11.8 Å². The highest BCUT2D eigenvalue weighted by molar-refractivity contribution is 6.24. The van der Waals surface area contributed by atoms with Gasteiger partial charge >= 0.3 is 0 Å². The minimum atomic E-state index is -1.29. The van der Waals surface area contributed by atoms with Crippen molar-refractivity contribution in [3.63, 3.8) is 0 Å². The van der Waals surface area contributed by atoms with Crippen molar-refractivity contribution < 1.29 is 33.9 Å². The monoisotopic (exact) mass is 439 g/mol. The number of amides is 4. The Labute approximate surface area is 183 Å². The topological polar surface area (TPSA) is 117 Å². The normalized spacial score (nSPS) is 21.1. The van der Waals surface area contributed by atoms with Crippen LogP contribution < -0.4 is 19.3 Å². The van der Waals surface area contributed by atoms with E-state index >= 15 is 0 Å². The fourth-order valence-corrected chi connectivity index (χ4v) is 3.90. The van der Waals surface area contributed by atoms with Crippen molar-refractivity contribution in [3.8, 4) is 11.5 Å². The van der Waals surface area contributed by atoms with Crippen molar-refractivity contribution >= 4 is 35.0 Å². The number of anilines is 2. The van der Waals surface area contributed by atoms with Gasteiger partial charge in [0.15, 0.2) is 0 Å². The Morgan fingerprint density at radius 1 is 0.781 bits per heavy atom. The molecule has 166 valence electrons. The number of ether oxygens (including phenoxy) is 2. The van der Waals surface area contributed by atoms with Gasteiger partial charge in [-0.3, -0.25) is 19.2 Å². The van der Waals surface area contributed by atoms with E-state index in [0.29, 0.717) is 27.9 Å². The summed E-state index contributed by atoms with van der Waals surface area (Å²) < 4.78 is 10.3. The second-order valence-electron chi connectivity index (χ2n) is 7.36. The first-order valence-electron chi connectivity index (χ1n) is 9.84. The fraction of sp³-hybridized carbons (Fsp3) is 0.273. The molecule has 0 spiro atoms. The summed E-state index contributed by atoms with van der Waals surface area (Å²) in [6, 6.07) is 10.2. The van der Waals surface area contributed by atoms with E-state index in [2.05, 4.69) is 0 Å². The van der Waals surface area contributed by atoms with Gasteiger partial charge in [-0.1, -0.05) is 12.1 Å². The number of hydrogen-bond acceptors (Lipinski definition) is 8. The number of hydroxylamine groups is 2. The van der Waals surface area contributed by atoms with Crippen molar-refractivity contribution in [3.05, 3.63) is 48.5 Å². The number of carbonyl (C=O) groups is 4. The molecule has 2 fully saturated rings. The van der Waals surface area contributed by atoms with Gasteiger partial charge in [0, 0.05) is 12.1 Å². The average molecular weight is 439 g/mol. The van der Waals surface area contributed by atoms with Crippen LogP contribution in [-0.4, -0.2) is 60.2 Å². The lowest BCUT2D eigenvalue weighted by atomic mass is 10.1. The Bertz CT molecular complexity index is 1020. The molecule has 2 atom stereocenters. The fourth-order valence-electron chi connectivity index (χ4n) is 3.90. The van der Waals surface area contributed by atoms with Gasteiger partial charge < -0.3 is 14.7 Å². The maximum absolute atomic E-state index is 13.0. The molecule has 0 saturated carbocycles. The summed E-state index contributed by atoms with van der Waals surface area (Å²) in [7, 11) is 2.92. The van der Waals surface area contributed by atoms with Crippen LogP contribution in [0.4, 0.5) is 11.4 Å². The van der Waals surface area contributed by atoms with Gasteiger partial charge in [-0.2, -0.15) is 5.06 Å². The van der Waals surface area contributed by atoms with Crippen LogP contribution in [0.2, 0.25) is 0 Å². The van der Waals surface area contributed by atoms with Crippen LogP contribution in [-0.2, 0) is 19.2 Å². The Balaban J connectivity index is 1.56. The standard InChI is InChI=1S/C22H21N3O7/c1-31-15-7-3-5-13(9-15)23-19(26)11-17(21(23)28)25(30)18-12-20(27)24(22(18)29)14-6-4-8-16(10-14)32-2/h3-10,17-18,30H,11-12H2,1-2H3/t17-,18-/m1/s1. The zero-order valence-corrected chi connectivity index (χ0v) is 17.4. The van der Waals surface area contributed by atoms with E-state index in [-0.39, 0.29) is 12.8 Å². The van der Waals surface area contributed by atoms with Crippen molar-refractivity contribution in [2.45, 2.75) is 24.9 Å². The largest absolute Gasteiger partial charge is 0.497 e. The maximum Gasteiger partial charge on any atom is 0.254 e. The van der Waals surface area contributed by atoms with E-state index in [1.807, 2.05) is 0 Å². The van der Waals surface area contributed by atoms with E-state index in [4.69, 9.17) is 9.47 Å². The first kappa shape index (κ1) is 21.5. The lowest BCUT2D eigenvalue weighted by Gasteiger charge is -2.25. The molecule has 4 amide bonds. The predicted octanol–water partition coefficient (Wildman–Crippen LogP) is 1.36. The summed E-state index contributed by atoms with van der Waals surface area (Å²) in [6.07, 6.45) is -0.659.